The van der Waals surface area contributed by atoms with Gasteiger partial charge in [-0.25, -0.2) is 18.8 Å². The summed E-state index contributed by atoms with van der Waals surface area (Å²) >= 11 is 0. The van der Waals surface area contributed by atoms with E-state index in [-0.39, 0.29) is 24.0 Å². The summed E-state index contributed by atoms with van der Waals surface area (Å²) in [5, 5.41) is 14.2. The van der Waals surface area contributed by atoms with Gasteiger partial charge in [0.15, 0.2) is 5.82 Å². The average Bonchev–Trinajstić information content (AvgIpc) is 3.17. The predicted octanol–water partition coefficient (Wildman–Crippen LogP) is 3.86. The molecule has 1 aromatic carbocycles. The van der Waals surface area contributed by atoms with Gasteiger partial charge in [0, 0.05) is 25.7 Å². The number of aromatic nitrogens is 3. The summed E-state index contributed by atoms with van der Waals surface area (Å²) < 4.78 is 40.1. The highest BCUT2D eigenvalue weighted by Crippen LogP contribution is 2.37. The molecule has 2 aliphatic rings. The fraction of sp³-hybridized carbons (Fsp3) is 0.478. The lowest BCUT2D eigenvalue weighted by atomic mass is 10.0. The Morgan fingerprint density at radius 2 is 2.09 bits per heavy atom. The quantitative estimate of drug-likeness (QED) is 0.394. The zero-order chi connectivity index (χ0) is 24.4. The summed E-state index contributed by atoms with van der Waals surface area (Å²) in [5.74, 6) is 0.103. The molecule has 3 N–H and O–H groups in total. The summed E-state index contributed by atoms with van der Waals surface area (Å²) in [5.41, 5.74) is 9.24. The summed E-state index contributed by atoms with van der Waals surface area (Å²) in [7, 11) is 1.48. The van der Waals surface area contributed by atoms with Crippen LogP contribution in [-0.4, -0.2) is 78.2 Å². The molecule has 2 aromatic heterocycles. The van der Waals surface area contributed by atoms with E-state index in [0.29, 0.717) is 34.4 Å². The maximum atomic E-state index is 15.2. The topological polar surface area (TPSA) is 112 Å². The van der Waals surface area contributed by atoms with Crippen LogP contribution in [0.4, 0.5) is 26.1 Å². The SMILES string of the molecule is COc1nc(NC2CCN(C3COC3)CC2)nn2cc(F)c(-c3ccc(N=N)c(NCCF)c3)c12. The van der Waals surface area contributed by atoms with Gasteiger partial charge in [-0.15, -0.1) is 5.10 Å². The molecule has 2 fully saturated rings. The Morgan fingerprint density at radius 1 is 1.29 bits per heavy atom. The molecule has 3 aromatic rings. The zero-order valence-corrected chi connectivity index (χ0v) is 19.4. The molecule has 12 heteroatoms. The van der Waals surface area contributed by atoms with Gasteiger partial charge in [-0.2, -0.15) is 10.1 Å². The Balaban J connectivity index is 1.42. The second-order valence-corrected chi connectivity index (χ2v) is 8.70. The Labute approximate surface area is 201 Å². The molecule has 0 spiro atoms. The zero-order valence-electron chi connectivity index (χ0n) is 19.4. The molecule has 5 rings (SSSR count). The minimum atomic E-state index is -0.587. The molecule has 2 saturated heterocycles. The number of benzene rings is 1. The lowest BCUT2D eigenvalue weighted by Crippen LogP contribution is -2.53. The van der Waals surface area contributed by atoms with E-state index in [9.17, 15) is 4.39 Å². The Hall–Kier alpha value is -3.38. The van der Waals surface area contributed by atoms with Crippen molar-refractivity contribution in [3.63, 3.8) is 0 Å². The number of likely N-dealkylation sites (tertiary alicyclic amines) is 1. The number of fused-ring (bicyclic) bond motifs is 1. The van der Waals surface area contributed by atoms with Crippen molar-refractivity contribution in [3.05, 3.63) is 30.2 Å². The van der Waals surface area contributed by atoms with E-state index >= 15 is 4.39 Å². The van der Waals surface area contributed by atoms with Crippen molar-refractivity contribution >= 4 is 22.8 Å². The Bertz CT molecular complexity index is 1210. The summed E-state index contributed by atoms with van der Waals surface area (Å²) in [6.07, 6.45) is 3.19. The van der Waals surface area contributed by atoms with E-state index in [2.05, 4.69) is 30.7 Å². The van der Waals surface area contributed by atoms with Crippen LogP contribution in [0.15, 0.2) is 29.5 Å². The molecule has 186 valence electrons. The lowest BCUT2D eigenvalue weighted by Gasteiger charge is -2.41. The number of halogens is 2. The van der Waals surface area contributed by atoms with Crippen LogP contribution in [0.3, 0.4) is 0 Å². The van der Waals surface area contributed by atoms with Gasteiger partial charge in [-0.1, -0.05) is 6.07 Å². The van der Waals surface area contributed by atoms with Crippen LogP contribution in [-0.2, 0) is 4.74 Å². The van der Waals surface area contributed by atoms with Crippen LogP contribution in [0.25, 0.3) is 16.6 Å². The minimum absolute atomic E-state index is 0.0553. The first-order chi connectivity index (χ1) is 17.1. The van der Waals surface area contributed by atoms with Crippen molar-refractivity contribution in [2.75, 3.05) is 57.3 Å². The van der Waals surface area contributed by atoms with Gasteiger partial charge in [0.2, 0.25) is 11.8 Å². The van der Waals surface area contributed by atoms with Crippen molar-refractivity contribution in [2.45, 2.75) is 24.9 Å². The first kappa shape index (κ1) is 23.4. The maximum Gasteiger partial charge on any atom is 0.244 e. The minimum Gasteiger partial charge on any atom is -0.479 e. The molecule has 0 aliphatic carbocycles. The second-order valence-electron chi connectivity index (χ2n) is 8.70. The highest BCUT2D eigenvalue weighted by molar-refractivity contribution is 5.88. The van der Waals surface area contributed by atoms with Crippen molar-refractivity contribution in [1.82, 2.24) is 19.5 Å². The van der Waals surface area contributed by atoms with Crippen molar-refractivity contribution < 1.29 is 18.3 Å². The van der Waals surface area contributed by atoms with Crippen LogP contribution in [0.2, 0.25) is 0 Å². The molecule has 35 heavy (non-hydrogen) atoms. The van der Waals surface area contributed by atoms with Crippen LogP contribution in [0, 0.1) is 11.3 Å². The monoisotopic (exact) mass is 486 g/mol. The number of hydrogen-bond acceptors (Lipinski definition) is 9. The molecule has 0 atom stereocenters. The van der Waals surface area contributed by atoms with Crippen LogP contribution < -0.4 is 15.4 Å². The van der Waals surface area contributed by atoms with E-state index in [0.717, 1.165) is 39.1 Å². The van der Waals surface area contributed by atoms with Gasteiger partial charge in [0.1, 0.15) is 17.9 Å². The molecule has 10 nitrogen and oxygen atoms in total. The molecular weight excluding hydrogens is 458 g/mol. The van der Waals surface area contributed by atoms with Gasteiger partial charge in [-0.3, -0.25) is 4.90 Å². The molecule has 2 aliphatic heterocycles. The Morgan fingerprint density at radius 3 is 2.74 bits per heavy atom. The van der Waals surface area contributed by atoms with Crippen LogP contribution >= 0.6 is 0 Å². The van der Waals surface area contributed by atoms with E-state index in [1.54, 1.807) is 18.2 Å². The van der Waals surface area contributed by atoms with Gasteiger partial charge in [0.05, 0.1) is 43.8 Å². The fourth-order valence-corrected chi connectivity index (χ4v) is 4.64. The van der Waals surface area contributed by atoms with Crippen molar-refractivity contribution in [1.29, 1.82) is 5.53 Å². The van der Waals surface area contributed by atoms with E-state index in [4.69, 9.17) is 15.0 Å². The summed E-state index contributed by atoms with van der Waals surface area (Å²) in [4.78, 5) is 6.98. The highest BCUT2D eigenvalue weighted by Gasteiger charge is 2.30. The predicted molar refractivity (Wildman–Crippen MR) is 127 cm³/mol. The van der Waals surface area contributed by atoms with Crippen LogP contribution in [0.1, 0.15) is 12.8 Å². The molecule has 4 heterocycles. The van der Waals surface area contributed by atoms with E-state index in [1.165, 1.54) is 17.8 Å². The molecule has 0 unspecified atom stereocenters. The maximum absolute atomic E-state index is 15.2. The number of nitrogens with one attached hydrogen (secondary N) is 3. The molecule has 0 amide bonds. The van der Waals surface area contributed by atoms with Crippen molar-refractivity contribution in [3.8, 4) is 17.0 Å². The number of rotatable bonds is 9. The molecule has 0 bridgehead atoms. The Kier molecular flexibility index (Phi) is 6.73. The lowest BCUT2D eigenvalue weighted by molar-refractivity contribution is -0.0705. The molecule has 0 saturated carbocycles. The normalized spacial score (nSPS) is 17.3. The number of alkyl halides is 1. The van der Waals surface area contributed by atoms with E-state index in [1.807, 2.05) is 0 Å². The van der Waals surface area contributed by atoms with Gasteiger partial charge < -0.3 is 20.1 Å². The van der Waals surface area contributed by atoms with Crippen LogP contribution in [0.5, 0.6) is 5.88 Å². The fourth-order valence-electron chi connectivity index (χ4n) is 4.64. The third-order valence-corrected chi connectivity index (χ3v) is 6.56. The first-order valence-electron chi connectivity index (χ1n) is 11.6. The number of hydrogen-bond donors (Lipinski definition) is 3. The molecular formula is C23H28F2N8O2. The van der Waals surface area contributed by atoms with Gasteiger partial charge in [0.25, 0.3) is 0 Å². The second kappa shape index (κ2) is 10.1. The smallest absolute Gasteiger partial charge is 0.244 e. The van der Waals surface area contributed by atoms with E-state index < -0.39 is 12.5 Å². The third-order valence-electron chi connectivity index (χ3n) is 6.56. The number of anilines is 2. The number of nitrogens with zero attached hydrogens (tertiary/aromatic N) is 5. The largest absolute Gasteiger partial charge is 0.479 e. The number of methoxy groups -OCH3 is 1. The average molecular weight is 487 g/mol. The number of piperidine rings is 1. The standard InChI is InChI=1S/C23H28F2N8O2/c1-34-22-21-20(14-2-3-18(30-26)19(10-14)27-7-6-24)17(25)11-33(21)31-23(29-22)28-15-4-8-32(9-5-15)16-12-35-13-16/h2-3,10-11,15-16,26-27H,4-9,12-13H2,1H3,(H,28,31). The third kappa shape index (κ3) is 4.63. The molecule has 0 radical (unpaired) electrons. The summed E-state index contributed by atoms with van der Waals surface area (Å²) in [6.45, 7) is 3.05. The highest BCUT2D eigenvalue weighted by atomic mass is 19.1. The van der Waals surface area contributed by atoms with Gasteiger partial charge in [-0.05, 0) is 30.5 Å². The first-order valence-corrected chi connectivity index (χ1v) is 11.6. The number of ether oxygens (including phenoxy) is 2. The van der Waals surface area contributed by atoms with Gasteiger partial charge >= 0.3 is 0 Å². The summed E-state index contributed by atoms with van der Waals surface area (Å²) in [6, 6.07) is 5.60. The van der Waals surface area contributed by atoms with Crippen molar-refractivity contribution in [2.24, 2.45) is 5.11 Å².